The first kappa shape index (κ1) is 17.5. The zero-order valence-electron chi connectivity index (χ0n) is 15.1. The minimum atomic E-state index is -0.0283. The van der Waals surface area contributed by atoms with Crippen molar-refractivity contribution in [2.24, 2.45) is 5.92 Å². The Morgan fingerprint density at radius 2 is 2.20 bits per heavy atom. The Kier molecular flexibility index (Phi) is 5.73. The fourth-order valence-electron chi connectivity index (χ4n) is 3.23. The van der Waals surface area contributed by atoms with Crippen molar-refractivity contribution in [1.82, 2.24) is 29.9 Å². The van der Waals surface area contributed by atoms with Gasteiger partial charge in [0.05, 0.1) is 17.6 Å². The minimum absolute atomic E-state index is 0.0283. The molecule has 3 heterocycles. The SMILES string of the molecule is CCCCc1cn(C[C@@H]2CCCN(C(=O)c3cnc(C)cn3)C2)nn1. The summed E-state index contributed by atoms with van der Waals surface area (Å²) in [6.07, 6.45) is 10.7. The lowest BCUT2D eigenvalue weighted by Gasteiger charge is -2.32. The van der Waals surface area contributed by atoms with E-state index in [1.54, 1.807) is 12.4 Å². The van der Waals surface area contributed by atoms with Gasteiger partial charge in [-0.1, -0.05) is 18.6 Å². The number of aromatic nitrogens is 5. The molecular formula is C18H26N6O. The standard InChI is InChI=1S/C18H26N6O/c1-3-4-7-16-13-24(22-21-16)12-15-6-5-8-23(11-15)18(25)17-10-19-14(2)9-20-17/h9-10,13,15H,3-8,11-12H2,1-2H3/t15-/m1/s1. The number of amides is 1. The minimum Gasteiger partial charge on any atom is -0.337 e. The second kappa shape index (κ2) is 8.18. The van der Waals surface area contributed by atoms with Crippen LogP contribution in [-0.4, -0.2) is 48.9 Å². The molecule has 134 valence electrons. The molecular weight excluding hydrogens is 316 g/mol. The zero-order valence-corrected chi connectivity index (χ0v) is 15.1. The van der Waals surface area contributed by atoms with Gasteiger partial charge in [-0.2, -0.15) is 0 Å². The largest absolute Gasteiger partial charge is 0.337 e. The Bertz CT molecular complexity index is 696. The van der Waals surface area contributed by atoms with E-state index in [0.29, 0.717) is 11.6 Å². The number of aryl methyl sites for hydroxylation is 2. The van der Waals surface area contributed by atoms with E-state index in [1.165, 1.54) is 0 Å². The van der Waals surface area contributed by atoms with Gasteiger partial charge in [0.2, 0.25) is 0 Å². The number of hydrogen-bond donors (Lipinski definition) is 0. The van der Waals surface area contributed by atoms with E-state index in [1.807, 2.05) is 22.7 Å². The number of hydrogen-bond acceptors (Lipinski definition) is 5. The molecule has 1 fully saturated rings. The zero-order chi connectivity index (χ0) is 17.6. The van der Waals surface area contributed by atoms with Gasteiger partial charge in [0.25, 0.3) is 5.91 Å². The predicted molar refractivity (Wildman–Crippen MR) is 94.0 cm³/mol. The van der Waals surface area contributed by atoms with Crippen molar-refractivity contribution >= 4 is 5.91 Å². The lowest BCUT2D eigenvalue weighted by Crippen LogP contribution is -2.41. The maximum absolute atomic E-state index is 12.6. The Balaban J connectivity index is 1.58. The molecule has 7 heteroatoms. The van der Waals surface area contributed by atoms with E-state index >= 15 is 0 Å². The predicted octanol–water partition coefficient (Wildman–Crippen LogP) is 2.27. The molecule has 1 aliphatic rings. The smallest absolute Gasteiger partial charge is 0.274 e. The summed E-state index contributed by atoms with van der Waals surface area (Å²) in [6.45, 7) is 6.37. The average Bonchev–Trinajstić information content (AvgIpc) is 3.07. The van der Waals surface area contributed by atoms with E-state index in [-0.39, 0.29) is 5.91 Å². The summed E-state index contributed by atoms with van der Waals surface area (Å²) in [5, 5.41) is 8.49. The van der Waals surface area contributed by atoms with Gasteiger partial charge < -0.3 is 4.90 Å². The van der Waals surface area contributed by atoms with Crippen LogP contribution in [0.15, 0.2) is 18.6 Å². The highest BCUT2D eigenvalue weighted by atomic mass is 16.2. The van der Waals surface area contributed by atoms with Gasteiger partial charge in [0, 0.05) is 32.0 Å². The first-order valence-corrected chi connectivity index (χ1v) is 9.12. The number of piperidine rings is 1. The molecule has 0 aliphatic carbocycles. The monoisotopic (exact) mass is 342 g/mol. The van der Waals surface area contributed by atoms with E-state index in [9.17, 15) is 4.79 Å². The van der Waals surface area contributed by atoms with Gasteiger partial charge in [-0.05, 0) is 38.5 Å². The molecule has 0 saturated carbocycles. The lowest BCUT2D eigenvalue weighted by molar-refractivity contribution is 0.0653. The third-order valence-electron chi connectivity index (χ3n) is 4.62. The first-order chi connectivity index (χ1) is 12.2. The second-order valence-electron chi connectivity index (χ2n) is 6.84. The van der Waals surface area contributed by atoms with Crippen LogP contribution in [0.4, 0.5) is 0 Å². The van der Waals surface area contributed by atoms with Crippen molar-refractivity contribution in [3.63, 3.8) is 0 Å². The average molecular weight is 342 g/mol. The highest BCUT2D eigenvalue weighted by Gasteiger charge is 2.26. The maximum atomic E-state index is 12.6. The molecule has 1 saturated heterocycles. The Morgan fingerprint density at radius 3 is 2.96 bits per heavy atom. The van der Waals surface area contributed by atoms with Crippen LogP contribution in [0, 0.1) is 12.8 Å². The molecule has 1 atom stereocenters. The fraction of sp³-hybridized carbons (Fsp3) is 0.611. The molecule has 1 aliphatic heterocycles. The van der Waals surface area contributed by atoms with Crippen molar-refractivity contribution < 1.29 is 4.79 Å². The molecule has 0 N–H and O–H groups in total. The first-order valence-electron chi connectivity index (χ1n) is 9.12. The third kappa shape index (κ3) is 4.61. The van der Waals surface area contributed by atoms with Gasteiger partial charge in [0.15, 0.2) is 0 Å². The molecule has 0 spiro atoms. The van der Waals surface area contributed by atoms with E-state index in [0.717, 1.165) is 63.1 Å². The Morgan fingerprint density at radius 1 is 1.32 bits per heavy atom. The van der Waals surface area contributed by atoms with Gasteiger partial charge in [-0.15, -0.1) is 5.10 Å². The molecule has 1 amide bonds. The van der Waals surface area contributed by atoms with Crippen molar-refractivity contribution in [2.45, 2.75) is 52.5 Å². The molecule has 0 unspecified atom stereocenters. The van der Waals surface area contributed by atoms with Crippen molar-refractivity contribution in [1.29, 1.82) is 0 Å². The summed E-state index contributed by atoms with van der Waals surface area (Å²) in [6, 6.07) is 0. The Labute approximate surface area is 148 Å². The summed E-state index contributed by atoms with van der Waals surface area (Å²) in [4.78, 5) is 22.9. The van der Waals surface area contributed by atoms with E-state index in [4.69, 9.17) is 0 Å². The highest BCUT2D eigenvalue weighted by molar-refractivity contribution is 5.92. The van der Waals surface area contributed by atoms with Crippen LogP contribution >= 0.6 is 0 Å². The van der Waals surface area contributed by atoms with Gasteiger partial charge in [-0.3, -0.25) is 14.5 Å². The van der Waals surface area contributed by atoms with Crippen molar-refractivity contribution in [3.8, 4) is 0 Å². The van der Waals surface area contributed by atoms with Crippen LogP contribution in [0.1, 0.15) is 54.5 Å². The van der Waals surface area contributed by atoms with E-state index < -0.39 is 0 Å². The molecule has 0 bridgehead atoms. The fourth-order valence-corrected chi connectivity index (χ4v) is 3.23. The highest BCUT2D eigenvalue weighted by Crippen LogP contribution is 2.19. The summed E-state index contributed by atoms with van der Waals surface area (Å²) in [5.41, 5.74) is 2.30. The number of unbranched alkanes of at least 4 members (excludes halogenated alkanes) is 1. The van der Waals surface area contributed by atoms with Crippen LogP contribution in [0.2, 0.25) is 0 Å². The molecule has 2 aromatic heterocycles. The molecule has 7 nitrogen and oxygen atoms in total. The lowest BCUT2D eigenvalue weighted by atomic mass is 9.98. The number of carbonyl (C=O) groups is 1. The topological polar surface area (TPSA) is 76.8 Å². The Hall–Kier alpha value is -2.31. The number of carbonyl (C=O) groups excluding carboxylic acids is 1. The summed E-state index contributed by atoms with van der Waals surface area (Å²) >= 11 is 0. The third-order valence-corrected chi connectivity index (χ3v) is 4.62. The van der Waals surface area contributed by atoms with Crippen molar-refractivity contribution in [2.75, 3.05) is 13.1 Å². The molecule has 3 rings (SSSR count). The van der Waals surface area contributed by atoms with Crippen LogP contribution in [0.25, 0.3) is 0 Å². The van der Waals surface area contributed by atoms with Crippen LogP contribution in [0.5, 0.6) is 0 Å². The normalized spacial score (nSPS) is 17.7. The summed E-state index contributed by atoms with van der Waals surface area (Å²) < 4.78 is 1.93. The van der Waals surface area contributed by atoms with Gasteiger partial charge in [0.1, 0.15) is 5.69 Å². The molecule has 0 aromatic carbocycles. The number of nitrogens with zero attached hydrogens (tertiary/aromatic N) is 6. The number of rotatable bonds is 6. The van der Waals surface area contributed by atoms with Gasteiger partial charge >= 0.3 is 0 Å². The van der Waals surface area contributed by atoms with Crippen LogP contribution < -0.4 is 0 Å². The summed E-state index contributed by atoms with van der Waals surface area (Å²) in [5.74, 6) is 0.372. The maximum Gasteiger partial charge on any atom is 0.274 e. The quantitative estimate of drug-likeness (QED) is 0.805. The van der Waals surface area contributed by atoms with Crippen molar-refractivity contribution in [3.05, 3.63) is 35.7 Å². The second-order valence-corrected chi connectivity index (χ2v) is 6.84. The van der Waals surface area contributed by atoms with Gasteiger partial charge in [-0.25, -0.2) is 4.98 Å². The summed E-state index contributed by atoms with van der Waals surface area (Å²) in [7, 11) is 0. The molecule has 2 aromatic rings. The van der Waals surface area contributed by atoms with Crippen LogP contribution in [-0.2, 0) is 13.0 Å². The van der Waals surface area contributed by atoms with Crippen LogP contribution in [0.3, 0.4) is 0 Å². The number of likely N-dealkylation sites (tertiary alicyclic amines) is 1. The van der Waals surface area contributed by atoms with E-state index in [2.05, 4.69) is 27.2 Å². The molecule has 0 radical (unpaired) electrons. The molecule has 25 heavy (non-hydrogen) atoms.